The molecule has 0 saturated heterocycles. The summed E-state index contributed by atoms with van der Waals surface area (Å²) >= 11 is 0. The smallest absolute Gasteiger partial charge is 0.270 e. The number of benzene rings is 5. The van der Waals surface area contributed by atoms with Crippen LogP contribution in [0.15, 0.2) is 108 Å². The van der Waals surface area contributed by atoms with E-state index in [1.165, 1.54) is 12.1 Å². The fourth-order valence-electron chi connectivity index (χ4n) is 7.67. The zero-order valence-corrected chi connectivity index (χ0v) is 31.9. The molecule has 0 saturated carbocycles. The first kappa shape index (κ1) is 34.4. The van der Waals surface area contributed by atoms with Crippen LogP contribution in [-0.4, -0.2) is 45.6 Å². The Kier molecular flexibility index (Phi) is 8.82. The summed E-state index contributed by atoms with van der Waals surface area (Å²) in [6, 6.07) is 31.0. The first-order valence-electron chi connectivity index (χ1n) is 17.3. The lowest BCUT2D eigenvalue weighted by atomic mass is 10.1. The molecule has 0 spiro atoms. The summed E-state index contributed by atoms with van der Waals surface area (Å²) in [5.41, 5.74) is 7.48. The molecule has 4 aliphatic rings. The van der Waals surface area contributed by atoms with Crippen molar-refractivity contribution in [3.63, 3.8) is 0 Å². The lowest BCUT2D eigenvalue weighted by Gasteiger charge is -2.21. The van der Waals surface area contributed by atoms with E-state index in [0.717, 1.165) is 34.6 Å². The van der Waals surface area contributed by atoms with Crippen LogP contribution in [0.4, 0.5) is 28.4 Å². The molecule has 54 heavy (non-hydrogen) atoms. The van der Waals surface area contributed by atoms with E-state index in [2.05, 4.69) is 39.5 Å². The predicted molar refractivity (Wildman–Crippen MR) is 217 cm³/mol. The fraction of sp³-hybridized carbons (Fsp3) is 0.150. The van der Waals surface area contributed by atoms with Crippen molar-refractivity contribution in [2.45, 2.75) is 38.1 Å². The van der Waals surface area contributed by atoms with Gasteiger partial charge in [0.15, 0.2) is 6.21 Å². The summed E-state index contributed by atoms with van der Waals surface area (Å²) in [5.74, 6) is 0.828. The number of hydrogen-bond donors (Lipinski definition) is 0. The first-order valence-corrected chi connectivity index (χ1v) is 21.9. The summed E-state index contributed by atoms with van der Waals surface area (Å²) < 4.78 is 14.4. The molecule has 4 atom stereocenters. The number of hydrogen-bond acceptors (Lipinski definition) is 7. The molecule has 268 valence electrons. The standard InChI is InChI=1S/C40H33N5O6P3/c46-39-33-11-9-31(18-35(33)41-20-29-16-26-5-1-3-7-36(26)43(29)39)50-22-24-13-25(15-28(14-24)45(48)49)23-51-32-10-12-34-38(19-32)42(54(52)53)21-30-17-27-6-2-4-8-37(27)44(30)40(34)47/h1-15,18-21,29-30H,16-17,22-23,52-53H2/q+1/t29-,30-/m0/s1. The van der Waals surface area contributed by atoms with Crippen molar-refractivity contribution in [2.75, 3.05) is 9.80 Å². The number of anilines is 2. The van der Waals surface area contributed by atoms with Crippen LogP contribution < -0.4 is 19.3 Å². The second kappa shape index (κ2) is 13.8. The molecule has 0 aromatic heterocycles. The molecule has 0 N–H and O–H groups in total. The van der Waals surface area contributed by atoms with E-state index in [9.17, 15) is 19.7 Å². The van der Waals surface area contributed by atoms with E-state index >= 15 is 0 Å². The third kappa shape index (κ3) is 6.16. The second-order valence-electron chi connectivity index (χ2n) is 13.5. The number of carbonyl (C=O) groups is 2. The number of nitro groups is 1. The van der Waals surface area contributed by atoms with E-state index in [1.54, 1.807) is 35.2 Å². The Bertz CT molecular complexity index is 2470. The van der Waals surface area contributed by atoms with Crippen molar-refractivity contribution in [1.82, 2.24) is 0 Å². The van der Waals surface area contributed by atoms with Gasteiger partial charge in [0.1, 0.15) is 36.3 Å². The van der Waals surface area contributed by atoms with Crippen LogP contribution in [0.5, 0.6) is 11.5 Å². The monoisotopic (exact) mass is 772 g/mol. The Hall–Kier alpha value is -5.33. The zero-order valence-electron chi connectivity index (χ0n) is 28.7. The number of fused-ring (bicyclic) bond motifs is 8. The largest absolute Gasteiger partial charge is 0.489 e. The summed E-state index contributed by atoms with van der Waals surface area (Å²) in [7, 11) is 4.88. The maximum Gasteiger partial charge on any atom is 0.270 e. The maximum absolute atomic E-state index is 14.0. The molecule has 0 radical (unpaired) electrons. The molecular weight excluding hydrogens is 739 g/mol. The summed E-state index contributed by atoms with van der Waals surface area (Å²) in [4.78, 5) is 47.4. The van der Waals surface area contributed by atoms with Gasteiger partial charge in [0.25, 0.3) is 17.5 Å². The van der Waals surface area contributed by atoms with Gasteiger partial charge in [-0.1, -0.05) is 36.4 Å². The minimum atomic E-state index is -0.803. The third-order valence-electron chi connectivity index (χ3n) is 10.1. The van der Waals surface area contributed by atoms with Crippen LogP contribution >= 0.6 is 25.3 Å². The van der Waals surface area contributed by atoms with Crippen molar-refractivity contribution in [3.8, 4) is 11.5 Å². The van der Waals surface area contributed by atoms with Crippen LogP contribution in [0.1, 0.15) is 43.0 Å². The number of carbonyl (C=O) groups excluding carboxylic acids is 2. The molecule has 5 aromatic carbocycles. The Balaban J connectivity index is 0.928. The Morgan fingerprint density at radius 1 is 0.759 bits per heavy atom. The van der Waals surface area contributed by atoms with Crippen molar-refractivity contribution < 1.29 is 28.3 Å². The maximum atomic E-state index is 14.0. The minimum absolute atomic E-state index is 0.0473. The van der Waals surface area contributed by atoms with Gasteiger partial charge >= 0.3 is 0 Å². The van der Waals surface area contributed by atoms with Crippen LogP contribution in [0, 0.1) is 10.1 Å². The average molecular weight is 773 g/mol. The number of non-ortho nitro benzene ring substituents is 1. The number of amides is 2. The van der Waals surface area contributed by atoms with Gasteiger partial charge in [-0.2, -0.15) is 4.35 Å². The van der Waals surface area contributed by atoms with Gasteiger partial charge in [0, 0.05) is 48.6 Å². The van der Waals surface area contributed by atoms with Crippen molar-refractivity contribution in [3.05, 3.63) is 147 Å². The average Bonchev–Trinajstić information content (AvgIpc) is 3.67. The molecule has 5 aromatic rings. The topological polar surface area (TPSA) is 118 Å². The summed E-state index contributed by atoms with van der Waals surface area (Å²) in [6.45, 7) is 0.103. The SMILES string of the molecule is O=C1c2ccc(OCc3cc(COc4ccc5c(c4)[N+](P(P)P)=C[C@@H]4Cc6ccccc6N4C5=O)cc([N+](=O)[O-])c3)cc2N=C[C@@H]2Cc3ccccc3N12. The molecule has 4 aliphatic heterocycles. The lowest BCUT2D eigenvalue weighted by Crippen LogP contribution is -2.38. The lowest BCUT2D eigenvalue weighted by molar-refractivity contribution is -0.385. The van der Waals surface area contributed by atoms with Crippen molar-refractivity contribution >= 4 is 78.0 Å². The van der Waals surface area contributed by atoms with Crippen LogP contribution in [0.2, 0.25) is 0 Å². The number of nitrogens with zero attached hydrogens (tertiary/aromatic N) is 5. The minimum Gasteiger partial charge on any atom is -0.489 e. The molecule has 14 heteroatoms. The molecule has 0 aliphatic carbocycles. The Labute approximate surface area is 316 Å². The van der Waals surface area contributed by atoms with Crippen LogP contribution in [0.25, 0.3) is 0 Å². The highest BCUT2D eigenvalue weighted by molar-refractivity contribution is 8.40. The van der Waals surface area contributed by atoms with E-state index in [4.69, 9.17) is 9.47 Å². The van der Waals surface area contributed by atoms with Gasteiger partial charge in [-0.3, -0.25) is 34.5 Å². The number of nitro benzene ring substituents is 1. The first-order chi connectivity index (χ1) is 26.2. The highest BCUT2D eigenvalue weighted by Gasteiger charge is 2.42. The Morgan fingerprint density at radius 3 is 1.98 bits per heavy atom. The number of aliphatic imine (C=N–C) groups is 1. The Morgan fingerprint density at radius 2 is 1.33 bits per heavy atom. The summed E-state index contributed by atoms with van der Waals surface area (Å²) in [5, 5.41) is 11.9. The normalized spacial score (nSPS) is 17.8. The number of ether oxygens (including phenoxy) is 2. The van der Waals surface area contributed by atoms with Gasteiger partial charge in [-0.25, -0.2) is 0 Å². The molecule has 9 rings (SSSR count). The molecule has 2 unspecified atom stereocenters. The number of rotatable bonds is 8. The van der Waals surface area contributed by atoms with E-state index < -0.39 is 12.4 Å². The van der Waals surface area contributed by atoms with E-state index in [0.29, 0.717) is 45.9 Å². The fourth-order valence-corrected chi connectivity index (χ4v) is 9.60. The van der Waals surface area contributed by atoms with Crippen molar-refractivity contribution in [1.29, 1.82) is 0 Å². The van der Waals surface area contributed by atoms with E-state index in [1.807, 2.05) is 65.7 Å². The molecular formula is C40H33N5O6P3+. The molecule has 4 heterocycles. The predicted octanol–water partition coefficient (Wildman–Crippen LogP) is 8.32. The highest BCUT2D eigenvalue weighted by Crippen LogP contribution is 2.58. The van der Waals surface area contributed by atoms with Crippen LogP contribution in [0.3, 0.4) is 0 Å². The van der Waals surface area contributed by atoms with Gasteiger partial charge in [0.05, 0.1) is 28.3 Å². The molecule has 0 fully saturated rings. The molecule has 0 bridgehead atoms. The third-order valence-corrected chi connectivity index (χ3v) is 12.5. The molecule has 2 amide bonds. The quantitative estimate of drug-likeness (QED) is 0.0890. The van der Waals surface area contributed by atoms with Gasteiger partial charge in [-0.15, -0.1) is 0 Å². The highest BCUT2D eigenvalue weighted by atomic mass is 32.4. The van der Waals surface area contributed by atoms with Gasteiger partial charge in [0.2, 0.25) is 13.1 Å². The summed E-state index contributed by atoms with van der Waals surface area (Å²) in [6.07, 6.45) is 5.36. The number of para-hydroxylation sites is 2. The van der Waals surface area contributed by atoms with E-state index in [-0.39, 0.29) is 42.8 Å². The molecule has 11 nitrogen and oxygen atoms in total. The van der Waals surface area contributed by atoms with Gasteiger partial charge < -0.3 is 9.47 Å². The zero-order chi connectivity index (χ0) is 37.1. The second-order valence-corrected chi connectivity index (χ2v) is 19.7. The van der Waals surface area contributed by atoms with Gasteiger partial charge in [-0.05, 0) is 82.6 Å². The van der Waals surface area contributed by atoms with Crippen molar-refractivity contribution in [2.24, 2.45) is 4.99 Å². The van der Waals surface area contributed by atoms with Crippen LogP contribution in [-0.2, 0) is 26.1 Å².